The van der Waals surface area contributed by atoms with Crippen LogP contribution in [-0.4, -0.2) is 36.6 Å². The quantitative estimate of drug-likeness (QED) is 0.677. The van der Waals surface area contributed by atoms with E-state index in [1.54, 1.807) is 30.6 Å². The van der Waals surface area contributed by atoms with Crippen molar-refractivity contribution in [1.29, 1.82) is 0 Å². The van der Waals surface area contributed by atoms with E-state index in [9.17, 15) is 9.59 Å². The second-order valence-electron chi connectivity index (χ2n) is 5.22. The zero-order valence-corrected chi connectivity index (χ0v) is 14.0. The lowest BCUT2D eigenvalue weighted by Crippen LogP contribution is -2.31. The molecule has 2 N–H and O–H groups in total. The number of anilines is 1. The number of benzene rings is 1. The van der Waals surface area contributed by atoms with Crippen LogP contribution in [0.4, 0.5) is 5.69 Å². The van der Waals surface area contributed by atoms with Gasteiger partial charge < -0.3 is 20.1 Å². The highest BCUT2D eigenvalue weighted by atomic mass is 16.5. The Labute approximate surface area is 146 Å². The molecule has 0 spiro atoms. The van der Waals surface area contributed by atoms with Crippen LogP contribution in [0.2, 0.25) is 0 Å². The molecule has 0 aliphatic rings. The first kappa shape index (κ1) is 18.4. The Morgan fingerprint density at radius 3 is 2.64 bits per heavy atom. The third kappa shape index (κ3) is 7.01. The number of rotatable bonds is 9. The number of hydrogen-bond donors (Lipinski definition) is 2. The van der Waals surface area contributed by atoms with Crippen molar-refractivity contribution in [3.05, 3.63) is 54.4 Å². The van der Waals surface area contributed by atoms with Crippen LogP contribution >= 0.6 is 0 Å². The SMILES string of the molecule is CC(=O)Nc1ccccc1OCCNC(=O)COCc1ccncc1. The molecule has 2 aromatic rings. The summed E-state index contributed by atoms with van der Waals surface area (Å²) < 4.78 is 10.9. The molecular weight excluding hydrogens is 322 g/mol. The first-order valence-corrected chi connectivity index (χ1v) is 7.88. The lowest BCUT2D eigenvalue weighted by atomic mass is 10.3. The molecule has 1 aromatic carbocycles. The predicted octanol–water partition coefficient (Wildman–Crippen LogP) is 1.75. The Morgan fingerprint density at radius 1 is 1.12 bits per heavy atom. The van der Waals surface area contributed by atoms with Crippen LogP contribution in [0, 0.1) is 0 Å². The monoisotopic (exact) mass is 343 g/mol. The molecule has 2 amide bonds. The second-order valence-corrected chi connectivity index (χ2v) is 5.22. The minimum absolute atomic E-state index is 0.0230. The standard InChI is InChI=1S/C18H21N3O4/c1-14(22)21-16-4-2-3-5-17(16)25-11-10-20-18(23)13-24-12-15-6-8-19-9-7-15/h2-9H,10-13H2,1H3,(H,20,23)(H,21,22). The molecule has 132 valence electrons. The van der Waals surface area contributed by atoms with Crippen LogP contribution in [0.5, 0.6) is 5.75 Å². The van der Waals surface area contributed by atoms with Crippen LogP contribution in [0.1, 0.15) is 12.5 Å². The highest BCUT2D eigenvalue weighted by Crippen LogP contribution is 2.23. The summed E-state index contributed by atoms with van der Waals surface area (Å²) in [5.41, 5.74) is 1.56. The van der Waals surface area contributed by atoms with Gasteiger partial charge >= 0.3 is 0 Å². The van der Waals surface area contributed by atoms with Gasteiger partial charge in [-0.2, -0.15) is 0 Å². The van der Waals surface area contributed by atoms with Crippen molar-refractivity contribution in [2.45, 2.75) is 13.5 Å². The number of ether oxygens (including phenoxy) is 2. The molecule has 7 heteroatoms. The third-order valence-corrected chi connectivity index (χ3v) is 3.13. The van der Waals surface area contributed by atoms with Crippen molar-refractivity contribution in [2.24, 2.45) is 0 Å². The maximum atomic E-state index is 11.7. The van der Waals surface area contributed by atoms with Crippen molar-refractivity contribution in [3.63, 3.8) is 0 Å². The van der Waals surface area contributed by atoms with Crippen LogP contribution in [0.3, 0.4) is 0 Å². The van der Waals surface area contributed by atoms with Crippen LogP contribution in [0.15, 0.2) is 48.8 Å². The molecule has 0 aliphatic heterocycles. The van der Waals surface area contributed by atoms with E-state index in [0.29, 0.717) is 24.6 Å². The van der Waals surface area contributed by atoms with Crippen molar-refractivity contribution in [3.8, 4) is 5.75 Å². The maximum Gasteiger partial charge on any atom is 0.246 e. The number of carbonyl (C=O) groups excluding carboxylic acids is 2. The fourth-order valence-corrected chi connectivity index (χ4v) is 2.03. The molecular formula is C18H21N3O4. The number of carbonyl (C=O) groups is 2. The van der Waals surface area contributed by atoms with Crippen molar-refractivity contribution >= 4 is 17.5 Å². The molecule has 1 aromatic heterocycles. The summed E-state index contributed by atoms with van der Waals surface area (Å²) in [4.78, 5) is 26.8. The minimum Gasteiger partial charge on any atom is -0.490 e. The van der Waals surface area contributed by atoms with E-state index in [2.05, 4.69) is 15.6 Å². The molecule has 1 heterocycles. The Hall–Kier alpha value is -2.93. The first-order valence-electron chi connectivity index (χ1n) is 7.88. The van der Waals surface area contributed by atoms with Gasteiger partial charge in [-0.3, -0.25) is 14.6 Å². The molecule has 0 fully saturated rings. The number of pyridine rings is 1. The maximum absolute atomic E-state index is 11.7. The van der Waals surface area contributed by atoms with Crippen molar-refractivity contribution in [1.82, 2.24) is 10.3 Å². The Kier molecular flexibility index (Phi) is 7.40. The summed E-state index contributed by atoms with van der Waals surface area (Å²) in [6.07, 6.45) is 3.35. The average Bonchev–Trinajstić information content (AvgIpc) is 2.60. The fraction of sp³-hybridized carbons (Fsp3) is 0.278. The number of nitrogens with zero attached hydrogens (tertiary/aromatic N) is 1. The van der Waals surface area contributed by atoms with Gasteiger partial charge in [0.25, 0.3) is 0 Å². The number of nitrogens with one attached hydrogen (secondary N) is 2. The van der Waals surface area contributed by atoms with Crippen molar-refractivity contribution < 1.29 is 19.1 Å². The zero-order chi connectivity index (χ0) is 17.9. The van der Waals surface area contributed by atoms with Gasteiger partial charge in [0.1, 0.15) is 19.0 Å². The van der Waals surface area contributed by atoms with Gasteiger partial charge in [0.15, 0.2) is 0 Å². The molecule has 0 saturated carbocycles. The summed E-state index contributed by atoms with van der Waals surface area (Å²) in [6.45, 7) is 2.39. The zero-order valence-electron chi connectivity index (χ0n) is 14.0. The Morgan fingerprint density at radius 2 is 1.88 bits per heavy atom. The molecule has 0 radical (unpaired) electrons. The smallest absolute Gasteiger partial charge is 0.246 e. The van der Waals surface area contributed by atoms with E-state index in [1.165, 1.54) is 6.92 Å². The normalized spacial score (nSPS) is 10.1. The van der Waals surface area contributed by atoms with Crippen LogP contribution in [0.25, 0.3) is 0 Å². The number of aromatic nitrogens is 1. The van der Waals surface area contributed by atoms with Crippen LogP contribution in [-0.2, 0) is 20.9 Å². The molecule has 0 atom stereocenters. The number of hydrogen-bond acceptors (Lipinski definition) is 5. The second kappa shape index (κ2) is 10.0. The molecule has 25 heavy (non-hydrogen) atoms. The summed E-state index contributed by atoms with van der Waals surface area (Å²) in [6, 6.07) is 10.8. The molecule has 0 bridgehead atoms. The van der Waals surface area contributed by atoms with E-state index in [0.717, 1.165) is 5.56 Å². The summed E-state index contributed by atoms with van der Waals surface area (Å²) in [7, 11) is 0. The van der Waals surface area contributed by atoms with E-state index >= 15 is 0 Å². The van der Waals surface area contributed by atoms with Gasteiger partial charge in [0, 0.05) is 19.3 Å². The molecule has 0 aliphatic carbocycles. The van der Waals surface area contributed by atoms with E-state index in [1.807, 2.05) is 18.2 Å². The van der Waals surface area contributed by atoms with Crippen molar-refractivity contribution in [2.75, 3.05) is 25.1 Å². The Bertz CT molecular complexity index is 692. The molecule has 0 unspecified atom stereocenters. The minimum atomic E-state index is -0.215. The van der Waals surface area contributed by atoms with Gasteiger partial charge in [0.2, 0.25) is 11.8 Å². The highest BCUT2D eigenvalue weighted by Gasteiger charge is 2.05. The van der Waals surface area contributed by atoms with Gasteiger partial charge in [-0.1, -0.05) is 12.1 Å². The van der Waals surface area contributed by atoms with Gasteiger partial charge in [-0.05, 0) is 29.8 Å². The summed E-state index contributed by atoms with van der Waals surface area (Å²) >= 11 is 0. The number of amides is 2. The van der Waals surface area contributed by atoms with E-state index < -0.39 is 0 Å². The first-order chi connectivity index (χ1) is 12.1. The largest absolute Gasteiger partial charge is 0.490 e. The average molecular weight is 343 g/mol. The molecule has 7 nitrogen and oxygen atoms in total. The highest BCUT2D eigenvalue weighted by molar-refractivity contribution is 5.90. The Balaban J connectivity index is 1.64. The summed E-state index contributed by atoms with van der Waals surface area (Å²) in [5.74, 6) is 0.171. The topological polar surface area (TPSA) is 89.6 Å². The lowest BCUT2D eigenvalue weighted by Gasteiger charge is -2.12. The van der Waals surface area contributed by atoms with Gasteiger partial charge in [-0.15, -0.1) is 0 Å². The fourth-order valence-electron chi connectivity index (χ4n) is 2.03. The predicted molar refractivity (Wildman–Crippen MR) is 93.1 cm³/mol. The molecule has 2 rings (SSSR count). The lowest BCUT2D eigenvalue weighted by molar-refractivity contribution is -0.126. The third-order valence-electron chi connectivity index (χ3n) is 3.13. The van der Waals surface area contributed by atoms with Gasteiger partial charge in [0.05, 0.1) is 18.8 Å². The van der Waals surface area contributed by atoms with E-state index in [-0.39, 0.29) is 25.0 Å². The molecule has 0 saturated heterocycles. The summed E-state index contributed by atoms with van der Waals surface area (Å²) in [5, 5.41) is 5.40. The van der Waals surface area contributed by atoms with E-state index in [4.69, 9.17) is 9.47 Å². The number of para-hydroxylation sites is 2. The van der Waals surface area contributed by atoms with Crippen LogP contribution < -0.4 is 15.4 Å². The van der Waals surface area contributed by atoms with Gasteiger partial charge in [-0.25, -0.2) is 0 Å².